The second-order valence-corrected chi connectivity index (χ2v) is 12.0. The summed E-state index contributed by atoms with van der Waals surface area (Å²) in [5.41, 5.74) is 6.31. The van der Waals surface area contributed by atoms with Crippen molar-refractivity contribution in [2.24, 2.45) is 34.8 Å². The summed E-state index contributed by atoms with van der Waals surface area (Å²) in [6, 6.07) is 8.76. The number of carbonyl (C=O) groups is 3. The molecule has 2 aliphatic carbocycles. The molecule has 3 N–H and O–H groups in total. The number of primary amides is 1. The Balaban J connectivity index is 0.000000395. The lowest BCUT2D eigenvalue weighted by Crippen LogP contribution is -2.43. The fourth-order valence-electron chi connectivity index (χ4n) is 5.68. The van der Waals surface area contributed by atoms with E-state index in [1.54, 1.807) is 24.3 Å². The maximum Gasteiger partial charge on any atom is 0.311 e. The Hall–Kier alpha value is -2.93. The van der Waals surface area contributed by atoms with Gasteiger partial charge < -0.3 is 20.3 Å². The zero-order chi connectivity index (χ0) is 28.7. The summed E-state index contributed by atoms with van der Waals surface area (Å²) in [6.45, 7) is 10.3. The van der Waals surface area contributed by atoms with E-state index in [1.165, 1.54) is 5.57 Å². The van der Waals surface area contributed by atoms with Crippen molar-refractivity contribution in [1.82, 2.24) is 0 Å². The second kappa shape index (κ2) is 13.4. The van der Waals surface area contributed by atoms with Gasteiger partial charge in [0.05, 0.1) is 17.9 Å². The molecular weight excluding hydrogens is 494 g/mol. The van der Waals surface area contributed by atoms with Crippen molar-refractivity contribution in [1.29, 1.82) is 0 Å². The zero-order valence-electron chi connectivity index (χ0n) is 24.0. The number of hydrogen-bond acceptors (Lipinski definition) is 6. The van der Waals surface area contributed by atoms with Crippen molar-refractivity contribution >= 4 is 17.8 Å². The molecule has 1 saturated heterocycles. The average molecular weight is 540 g/mol. The zero-order valence-corrected chi connectivity index (χ0v) is 24.0. The number of cyclic esters (lactones) is 1. The van der Waals surface area contributed by atoms with Gasteiger partial charge in [0.1, 0.15) is 12.2 Å². The molecule has 214 valence electrons. The van der Waals surface area contributed by atoms with Crippen LogP contribution in [0, 0.1) is 29.1 Å². The summed E-state index contributed by atoms with van der Waals surface area (Å²) < 4.78 is 11.6. The fourth-order valence-corrected chi connectivity index (χ4v) is 5.68. The molecule has 0 bridgehead atoms. The van der Waals surface area contributed by atoms with Crippen LogP contribution in [-0.4, -0.2) is 41.3 Å². The number of hydrogen-bond donors (Lipinski definition) is 2. The van der Waals surface area contributed by atoms with Crippen LogP contribution in [0.2, 0.25) is 0 Å². The van der Waals surface area contributed by atoms with E-state index < -0.39 is 11.5 Å². The molecule has 0 unspecified atom stereocenters. The quantitative estimate of drug-likeness (QED) is 0.450. The van der Waals surface area contributed by atoms with Gasteiger partial charge in [-0.2, -0.15) is 0 Å². The minimum atomic E-state index is -0.601. The van der Waals surface area contributed by atoms with Crippen molar-refractivity contribution in [2.45, 2.75) is 91.5 Å². The highest BCUT2D eigenvalue weighted by molar-refractivity contribution is 5.92. The van der Waals surface area contributed by atoms with Crippen LogP contribution in [0.1, 0.15) is 83.5 Å². The van der Waals surface area contributed by atoms with E-state index >= 15 is 0 Å². The minimum Gasteiger partial charge on any atom is -0.462 e. The molecule has 1 amide bonds. The van der Waals surface area contributed by atoms with E-state index in [0.717, 1.165) is 25.7 Å². The van der Waals surface area contributed by atoms with Crippen LogP contribution in [0.3, 0.4) is 0 Å². The van der Waals surface area contributed by atoms with Gasteiger partial charge in [-0.1, -0.05) is 57.2 Å². The molecule has 1 heterocycles. The Labute approximate surface area is 232 Å². The molecule has 0 radical (unpaired) electrons. The maximum absolute atomic E-state index is 12.9. The van der Waals surface area contributed by atoms with Crippen LogP contribution < -0.4 is 5.73 Å². The Morgan fingerprint density at radius 1 is 1.13 bits per heavy atom. The van der Waals surface area contributed by atoms with Gasteiger partial charge in [-0.3, -0.25) is 14.4 Å². The van der Waals surface area contributed by atoms with E-state index in [-0.39, 0.29) is 42.4 Å². The first-order valence-electron chi connectivity index (χ1n) is 14.2. The molecule has 0 spiro atoms. The lowest BCUT2D eigenvalue weighted by molar-refractivity contribution is -0.166. The maximum atomic E-state index is 12.9. The first-order valence-corrected chi connectivity index (χ1v) is 14.2. The van der Waals surface area contributed by atoms with E-state index in [0.29, 0.717) is 29.7 Å². The van der Waals surface area contributed by atoms with Crippen LogP contribution in [0.5, 0.6) is 0 Å². The summed E-state index contributed by atoms with van der Waals surface area (Å²) in [5, 5.41) is 9.92. The van der Waals surface area contributed by atoms with E-state index in [4.69, 9.17) is 15.2 Å². The predicted molar refractivity (Wildman–Crippen MR) is 150 cm³/mol. The molecule has 7 heteroatoms. The highest BCUT2D eigenvalue weighted by atomic mass is 16.6. The Kier molecular flexibility index (Phi) is 10.5. The summed E-state index contributed by atoms with van der Waals surface area (Å²) in [5.74, 6) is 0.397. The number of aliphatic hydroxyl groups is 1. The topological polar surface area (TPSA) is 116 Å². The Morgan fingerprint density at radius 3 is 2.41 bits per heavy atom. The molecule has 7 atom stereocenters. The molecule has 4 rings (SSSR count). The number of rotatable bonds is 7. The summed E-state index contributed by atoms with van der Waals surface area (Å²) >= 11 is 0. The molecular formula is C32H45NO6. The lowest BCUT2D eigenvalue weighted by Gasteiger charge is -2.44. The largest absolute Gasteiger partial charge is 0.462 e. The van der Waals surface area contributed by atoms with Crippen molar-refractivity contribution in [3.05, 3.63) is 59.7 Å². The monoisotopic (exact) mass is 539 g/mol. The van der Waals surface area contributed by atoms with Crippen LogP contribution in [0.25, 0.3) is 0 Å². The van der Waals surface area contributed by atoms with Crippen molar-refractivity contribution in [3.63, 3.8) is 0 Å². The van der Waals surface area contributed by atoms with Gasteiger partial charge in [-0.05, 0) is 75.0 Å². The SMILES string of the molecule is CCC(C)(C)C(=O)O[C@@H]1C[C@H](C)C=C2C=C[C@@H](C)[C@@H](CC[C@@H]3C[C@H](O)CC(=O)O3)[C@@H]21.NC(=O)c1ccccc1. The molecule has 0 saturated carbocycles. The standard InChI is InChI=1S/C25H38O5.C7H7NO/c1-6-25(4,5)24(28)30-21-12-15(2)11-17-8-7-16(3)20(23(17)21)10-9-19-13-18(26)14-22(27)29-19;8-7(9)6-4-2-1-3-5-6/h7-8,11,15-16,18-21,23,26H,6,9-10,12-14H2,1-5H3;1-5H,(H2,8,9)/t15-,16-,18+,19-,20-,21-,23-;/m1./s1. The molecule has 1 aliphatic heterocycles. The molecule has 39 heavy (non-hydrogen) atoms. The molecule has 1 aromatic rings. The first kappa shape index (κ1) is 30.6. The number of fused-ring (bicyclic) bond motifs is 1. The Bertz CT molecular complexity index is 1060. The summed E-state index contributed by atoms with van der Waals surface area (Å²) in [6.07, 6.45) is 9.61. The highest BCUT2D eigenvalue weighted by Crippen LogP contribution is 2.45. The number of nitrogens with two attached hydrogens (primary N) is 1. The molecule has 0 aromatic heterocycles. The summed E-state index contributed by atoms with van der Waals surface area (Å²) in [7, 11) is 0. The number of benzene rings is 1. The normalized spacial score (nSPS) is 30.2. The second-order valence-electron chi connectivity index (χ2n) is 12.0. The minimum absolute atomic E-state index is 0.0949. The number of esters is 2. The molecule has 1 aromatic carbocycles. The van der Waals surface area contributed by atoms with Gasteiger partial charge in [-0.15, -0.1) is 0 Å². The highest BCUT2D eigenvalue weighted by Gasteiger charge is 2.43. The van der Waals surface area contributed by atoms with Crippen LogP contribution in [-0.2, 0) is 19.1 Å². The van der Waals surface area contributed by atoms with Crippen molar-refractivity contribution in [3.8, 4) is 0 Å². The third-order valence-electron chi connectivity index (χ3n) is 8.41. The number of allylic oxidation sites excluding steroid dienone is 3. The van der Waals surface area contributed by atoms with Crippen LogP contribution in [0.15, 0.2) is 54.1 Å². The van der Waals surface area contributed by atoms with E-state index in [9.17, 15) is 19.5 Å². The van der Waals surface area contributed by atoms with Crippen molar-refractivity contribution in [2.75, 3.05) is 0 Å². The van der Waals surface area contributed by atoms with Crippen LogP contribution >= 0.6 is 0 Å². The fraction of sp³-hybridized carbons (Fsp3) is 0.594. The number of carbonyl (C=O) groups excluding carboxylic acids is 3. The first-order chi connectivity index (χ1) is 18.4. The summed E-state index contributed by atoms with van der Waals surface area (Å²) in [4.78, 5) is 35.0. The number of ether oxygens (including phenoxy) is 2. The molecule has 3 aliphatic rings. The van der Waals surface area contributed by atoms with Crippen LogP contribution in [0.4, 0.5) is 0 Å². The smallest absolute Gasteiger partial charge is 0.311 e. The molecule has 1 fully saturated rings. The van der Waals surface area contributed by atoms with Gasteiger partial charge in [0.15, 0.2) is 0 Å². The third-order valence-corrected chi connectivity index (χ3v) is 8.41. The van der Waals surface area contributed by atoms with Gasteiger partial charge in [0, 0.05) is 17.9 Å². The number of aliphatic hydroxyl groups excluding tert-OH is 1. The predicted octanol–water partition coefficient (Wildman–Crippen LogP) is 5.37. The van der Waals surface area contributed by atoms with Gasteiger partial charge >= 0.3 is 11.9 Å². The van der Waals surface area contributed by atoms with E-state index in [2.05, 4.69) is 32.1 Å². The van der Waals surface area contributed by atoms with E-state index in [1.807, 2.05) is 26.8 Å². The van der Waals surface area contributed by atoms with Crippen molar-refractivity contribution < 1.29 is 29.0 Å². The van der Waals surface area contributed by atoms with Gasteiger partial charge in [-0.25, -0.2) is 0 Å². The average Bonchev–Trinajstić information content (AvgIpc) is 2.88. The Morgan fingerprint density at radius 2 is 1.82 bits per heavy atom. The van der Waals surface area contributed by atoms with Gasteiger partial charge in [0.2, 0.25) is 5.91 Å². The molecule has 7 nitrogen and oxygen atoms in total. The van der Waals surface area contributed by atoms with Gasteiger partial charge in [0.25, 0.3) is 0 Å². The lowest BCUT2D eigenvalue weighted by atomic mass is 9.65. The number of amides is 1. The third kappa shape index (κ3) is 8.28.